The van der Waals surface area contributed by atoms with Crippen LogP contribution in [0.3, 0.4) is 0 Å². The number of rotatable bonds is 3. The third kappa shape index (κ3) is 3.23. The van der Waals surface area contributed by atoms with E-state index in [9.17, 15) is 18.0 Å². The molecule has 136 valence electrons. The number of fused-ring (bicyclic) bond motifs is 2. The number of alkyl halides is 3. The van der Waals surface area contributed by atoms with Gasteiger partial charge in [0.05, 0.1) is 17.6 Å². The topological polar surface area (TPSA) is 46.9 Å². The smallest absolute Gasteiger partial charge is 0.305 e. The van der Waals surface area contributed by atoms with Crippen LogP contribution >= 0.6 is 0 Å². The number of nitrogens with zero attached hydrogens (tertiary/aromatic N) is 2. The van der Waals surface area contributed by atoms with E-state index in [0.717, 1.165) is 16.3 Å². The molecule has 4 aromatic rings. The lowest BCUT2D eigenvalue weighted by Gasteiger charge is -2.13. The Kier molecular flexibility index (Phi) is 4.07. The quantitative estimate of drug-likeness (QED) is 0.567. The van der Waals surface area contributed by atoms with E-state index in [1.54, 1.807) is 28.8 Å². The summed E-state index contributed by atoms with van der Waals surface area (Å²) >= 11 is 0. The summed E-state index contributed by atoms with van der Waals surface area (Å²) in [5.41, 5.74) is 2.07. The number of amides is 1. The molecule has 1 aromatic heterocycles. The molecule has 0 bridgehead atoms. The molecule has 3 aromatic carbocycles. The van der Waals surface area contributed by atoms with Crippen molar-refractivity contribution in [3.05, 3.63) is 72.3 Å². The highest BCUT2D eigenvalue weighted by Gasteiger charge is 2.39. The number of anilines is 1. The summed E-state index contributed by atoms with van der Waals surface area (Å²) in [7, 11) is 0. The van der Waals surface area contributed by atoms with Gasteiger partial charge in [0.15, 0.2) is 0 Å². The maximum absolute atomic E-state index is 12.7. The lowest BCUT2D eigenvalue weighted by atomic mass is 10.0. The van der Waals surface area contributed by atoms with Crippen molar-refractivity contribution in [2.75, 3.05) is 5.32 Å². The SMILES string of the molecule is O=C(Nc1nc2ccccc2n1Cc1cccc2ccccc12)C(F)(F)F. The lowest BCUT2D eigenvalue weighted by molar-refractivity contribution is -0.167. The van der Waals surface area contributed by atoms with Crippen LogP contribution in [0.2, 0.25) is 0 Å². The Bertz CT molecular complexity index is 1140. The van der Waals surface area contributed by atoms with Gasteiger partial charge in [0.1, 0.15) is 0 Å². The number of nitrogens with one attached hydrogen (secondary N) is 1. The summed E-state index contributed by atoms with van der Waals surface area (Å²) < 4.78 is 39.7. The van der Waals surface area contributed by atoms with Crippen LogP contribution in [0.1, 0.15) is 5.56 Å². The number of benzene rings is 3. The molecule has 0 aliphatic rings. The predicted octanol–water partition coefficient (Wildman–Crippen LogP) is 4.74. The first kappa shape index (κ1) is 17.1. The van der Waals surface area contributed by atoms with Crippen molar-refractivity contribution in [2.24, 2.45) is 0 Å². The minimum atomic E-state index is -4.98. The van der Waals surface area contributed by atoms with Gasteiger partial charge < -0.3 is 4.57 Å². The molecule has 27 heavy (non-hydrogen) atoms. The fourth-order valence-electron chi connectivity index (χ4n) is 3.10. The van der Waals surface area contributed by atoms with Gasteiger partial charge in [-0.2, -0.15) is 13.2 Å². The standard InChI is InChI=1S/C20H14F3N3O/c21-20(22,23)18(27)25-19-24-16-10-3-4-11-17(16)26(19)12-14-8-5-7-13-6-1-2-9-15(13)14/h1-11H,12H2,(H,24,25,27). The number of imidazole rings is 1. The predicted molar refractivity (Wildman–Crippen MR) is 97.5 cm³/mol. The Hall–Kier alpha value is -3.35. The number of aromatic nitrogens is 2. The maximum Gasteiger partial charge on any atom is 0.471 e. The Morgan fingerprint density at radius 1 is 0.963 bits per heavy atom. The summed E-state index contributed by atoms with van der Waals surface area (Å²) in [4.78, 5) is 15.6. The van der Waals surface area contributed by atoms with Crippen LogP contribution in [0.4, 0.5) is 19.1 Å². The van der Waals surface area contributed by atoms with Crippen LogP contribution in [0.25, 0.3) is 21.8 Å². The molecule has 0 radical (unpaired) electrons. The first-order valence-electron chi connectivity index (χ1n) is 8.23. The molecule has 1 heterocycles. The summed E-state index contributed by atoms with van der Waals surface area (Å²) in [6, 6.07) is 20.5. The van der Waals surface area contributed by atoms with Gasteiger partial charge in [0.2, 0.25) is 5.95 Å². The Labute approximate surface area is 152 Å². The zero-order valence-electron chi connectivity index (χ0n) is 14.0. The minimum absolute atomic E-state index is 0.133. The fraction of sp³-hybridized carbons (Fsp3) is 0.100. The summed E-state index contributed by atoms with van der Waals surface area (Å²) in [6.45, 7) is 0.273. The average molecular weight is 369 g/mol. The monoisotopic (exact) mass is 369 g/mol. The number of halogens is 3. The van der Waals surface area contributed by atoms with E-state index in [1.165, 1.54) is 0 Å². The third-order valence-electron chi connectivity index (χ3n) is 4.35. The van der Waals surface area contributed by atoms with Crippen LogP contribution in [-0.4, -0.2) is 21.6 Å². The van der Waals surface area contributed by atoms with Gasteiger partial charge in [-0.15, -0.1) is 0 Å². The van der Waals surface area contributed by atoms with Crippen molar-refractivity contribution in [3.63, 3.8) is 0 Å². The molecule has 0 atom stereocenters. The lowest BCUT2D eigenvalue weighted by Crippen LogP contribution is -2.31. The number of para-hydroxylation sites is 2. The maximum atomic E-state index is 12.7. The molecule has 0 aliphatic carbocycles. The van der Waals surface area contributed by atoms with Gasteiger partial charge in [-0.1, -0.05) is 54.6 Å². The highest BCUT2D eigenvalue weighted by atomic mass is 19.4. The second-order valence-electron chi connectivity index (χ2n) is 6.10. The van der Waals surface area contributed by atoms with Gasteiger partial charge in [0.25, 0.3) is 0 Å². The Morgan fingerprint density at radius 3 is 2.48 bits per heavy atom. The van der Waals surface area contributed by atoms with E-state index < -0.39 is 12.1 Å². The minimum Gasteiger partial charge on any atom is -0.305 e. The largest absolute Gasteiger partial charge is 0.471 e. The molecule has 0 fully saturated rings. The molecule has 0 aliphatic heterocycles. The number of carbonyl (C=O) groups is 1. The summed E-state index contributed by atoms with van der Waals surface area (Å²) in [5, 5.41) is 3.92. The van der Waals surface area contributed by atoms with Crippen molar-refractivity contribution < 1.29 is 18.0 Å². The highest BCUT2D eigenvalue weighted by Crippen LogP contribution is 2.26. The molecule has 1 amide bonds. The molecule has 0 unspecified atom stereocenters. The first-order valence-corrected chi connectivity index (χ1v) is 8.23. The van der Waals surface area contributed by atoms with E-state index in [0.29, 0.717) is 11.0 Å². The van der Waals surface area contributed by atoms with E-state index in [1.807, 2.05) is 47.8 Å². The Balaban J connectivity index is 1.82. The number of hydrogen-bond donors (Lipinski definition) is 1. The van der Waals surface area contributed by atoms with Crippen LogP contribution in [0.15, 0.2) is 66.7 Å². The van der Waals surface area contributed by atoms with E-state index in [-0.39, 0.29) is 12.5 Å². The van der Waals surface area contributed by atoms with Gasteiger partial charge in [-0.3, -0.25) is 10.1 Å². The summed E-state index contributed by atoms with van der Waals surface area (Å²) in [5.74, 6) is -2.18. The van der Waals surface area contributed by atoms with Crippen molar-refractivity contribution >= 4 is 33.7 Å². The molecule has 0 saturated heterocycles. The normalized spacial score (nSPS) is 11.8. The van der Waals surface area contributed by atoms with Crippen LogP contribution in [-0.2, 0) is 11.3 Å². The second-order valence-corrected chi connectivity index (χ2v) is 6.10. The average Bonchev–Trinajstić information content (AvgIpc) is 2.98. The van der Waals surface area contributed by atoms with Crippen molar-refractivity contribution in [1.29, 1.82) is 0 Å². The molecule has 0 saturated carbocycles. The van der Waals surface area contributed by atoms with Gasteiger partial charge >= 0.3 is 12.1 Å². The van der Waals surface area contributed by atoms with Gasteiger partial charge in [-0.05, 0) is 28.5 Å². The third-order valence-corrected chi connectivity index (χ3v) is 4.35. The molecule has 4 nitrogen and oxygen atoms in total. The van der Waals surface area contributed by atoms with E-state index in [4.69, 9.17) is 0 Å². The molecule has 7 heteroatoms. The van der Waals surface area contributed by atoms with Crippen LogP contribution < -0.4 is 5.32 Å². The Morgan fingerprint density at radius 2 is 1.67 bits per heavy atom. The number of hydrogen-bond acceptors (Lipinski definition) is 2. The summed E-state index contributed by atoms with van der Waals surface area (Å²) in [6.07, 6.45) is -4.98. The van der Waals surface area contributed by atoms with Crippen LogP contribution in [0.5, 0.6) is 0 Å². The van der Waals surface area contributed by atoms with E-state index >= 15 is 0 Å². The molecular formula is C20H14F3N3O. The van der Waals surface area contributed by atoms with E-state index in [2.05, 4.69) is 4.98 Å². The zero-order valence-corrected chi connectivity index (χ0v) is 14.0. The fourth-order valence-corrected chi connectivity index (χ4v) is 3.10. The number of carbonyl (C=O) groups excluding carboxylic acids is 1. The van der Waals surface area contributed by atoms with Gasteiger partial charge in [-0.25, -0.2) is 4.98 Å². The molecule has 0 spiro atoms. The molecule has 4 rings (SSSR count). The van der Waals surface area contributed by atoms with Crippen molar-refractivity contribution in [1.82, 2.24) is 9.55 Å². The van der Waals surface area contributed by atoms with Crippen LogP contribution in [0, 0.1) is 0 Å². The molecular weight excluding hydrogens is 355 g/mol. The zero-order chi connectivity index (χ0) is 19.0. The first-order chi connectivity index (χ1) is 12.9. The second kappa shape index (κ2) is 6.42. The van der Waals surface area contributed by atoms with Crippen molar-refractivity contribution in [2.45, 2.75) is 12.7 Å². The van der Waals surface area contributed by atoms with Crippen molar-refractivity contribution in [3.8, 4) is 0 Å². The molecule has 1 N–H and O–H groups in total. The highest BCUT2D eigenvalue weighted by molar-refractivity contribution is 5.95. The van der Waals surface area contributed by atoms with Gasteiger partial charge in [0, 0.05) is 0 Å².